The van der Waals surface area contributed by atoms with Gasteiger partial charge in [-0.15, -0.1) is 0 Å². The fraction of sp³-hybridized carbons (Fsp3) is 0.278. The van der Waals surface area contributed by atoms with Crippen LogP contribution in [0.15, 0.2) is 46.9 Å². The first-order chi connectivity index (χ1) is 11.3. The summed E-state index contributed by atoms with van der Waals surface area (Å²) in [5, 5.41) is 7.74. The first kappa shape index (κ1) is 17.5. The lowest BCUT2D eigenvalue weighted by molar-refractivity contribution is 0.0696. The Morgan fingerprint density at radius 3 is 2.79 bits per heavy atom. The summed E-state index contributed by atoms with van der Waals surface area (Å²) in [5.74, 6) is 0.882. The number of ether oxygens (including phenoxy) is 1. The molecule has 2 N–H and O–H groups in total. The zero-order chi connectivity index (χ0) is 17.3. The number of rotatable bonds is 2. The Morgan fingerprint density at radius 1 is 1.29 bits per heavy atom. The molecule has 0 radical (unpaired) electrons. The number of halogens is 2. The molecule has 0 unspecified atom stereocenters. The van der Waals surface area contributed by atoms with Gasteiger partial charge in [0, 0.05) is 16.5 Å². The number of hydrogen-bond donors (Lipinski definition) is 2. The van der Waals surface area contributed by atoms with Gasteiger partial charge in [0.05, 0.1) is 16.8 Å². The Hall–Kier alpha value is -1.30. The molecular formula is C18H18BrClN2OS. The average Bonchev–Trinajstić information content (AvgIpc) is 2.49. The number of hydrogen-bond acceptors (Lipinski definition) is 2. The third-order valence-electron chi connectivity index (χ3n) is 3.86. The van der Waals surface area contributed by atoms with Gasteiger partial charge in [0.15, 0.2) is 5.11 Å². The fourth-order valence-corrected chi connectivity index (χ4v) is 3.65. The summed E-state index contributed by atoms with van der Waals surface area (Å²) < 4.78 is 7.09. The Morgan fingerprint density at radius 2 is 2.04 bits per heavy atom. The van der Waals surface area contributed by atoms with E-state index in [0.29, 0.717) is 10.1 Å². The van der Waals surface area contributed by atoms with Crippen LogP contribution in [0.25, 0.3) is 0 Å². The van der Waals surface area contributed by atoms with Crippen LogP contribution >= 0.6 is 39.7 Å². The number of fused-ring (bicyclic) bond motifs is 1. The van der Waals surface area contributed by atoms with Gasteiger partial charge >= 0.3 is 0 Å². The first-order valence-electron chi connectivity index (χ1n) is 7.64. The van der Waals surface area contributed by atoms with Gasteiger partial charge in [-0.3, -0.25) is 0 Å². The molecule has 0 fully saturated rings. The molecule has 1 atom stereocenters. The highest BCUT2D eigenvalue weighted by molar-refractivity contribution is 9.10. The second kappa shape index (κ2) is 6.90. The van der Waals surface area contributed by atoms with E-state index in [2.05, 4.69) is 46.5 Å². The van der Waals surface area contributed by atoms with Crippen molar-refractivity contribution in [3.8, 4) is 5.75 Å². The van der Waals surface area contributed by atoms with E-state index in [1.807, 2.05) is 36.4 Å². The Kier molecular flexibility index (Phi) is 5.04. The van der Waals surface area contributed by atoms with Gasteiger partial charge in [0.2, 0.25) is 0 Å². The van der Waals surface area contributed by atoms with Gasteiger partial charge in [-0.1, -0.05) is 39.7 Å². The molecule has 0 aromatic heterocycles. The maximum absolute atomic E-state index is 6.18. The zero-order valence-corrected chi connectivity index (χ0v) is 16.6. The smallest absolute Gasteiger partial charge is 0.171 e. The van der Waals surface area contributed by atoms with Gasteiger partial charge in [-0.05, 0) is 56.4 Å². The average molecular weight is 426 g/mol. The standard InChI is InChI=1S/C18H18BrClN2OS/c1-18(2)10-15(12-9-11(19)7-8-16(12)23-18)22-17(24)21-14-6-4-3-5-13(14)20/h3-9,15H,10H2,1-2H3,(H2,21,22,24)/t15-/m1/s1. The number of para-hydroxylation sites is 1. The van der Waals surface area contributed by atoms with Crippen LogP contribution in [0.5, 0.6) is 5.75 Å². The zero-order valence-electron chi connectivity index (χ0n) is 13.4. The molecule has 2 aromatic rings. The molecule has 0 bridgehead atoms. The molecule has 126 valence electrons. The molecule has 2 aromatic carbocycles. The lowest BCUT2D eigenvalue weighted by Gasteiger charge is -2.38. The lowest BCUT2D eigenvalue weighted by Crippen LogP contribution is -2.42. The second-order valence-corrected chi connectivity index (χ2v) is 8.11. The van der Waals surface area contributed by atoms with E-state index < -0.39 is 0 Å². The monoisotopic (exact) mass is 424 g/mol. The van der Waals surface area contributed by atoms with E-state index >= 15 is 0 Å². The summed E-state index contributed by atoms with van der Waals surface area (Å²) >= 11 is 15.2. The van der Waals surface area contributed by atoms with E-state index in [0.717, 1.165) is 27.9 Å². The minimum atomic E-state index is -0.265. The van der Waals surface area contributed by atoms with E-state index in [4.69, 9.17) is 28.6 Å². The minimum absolute atomic E-state index is 0.0590. The summed E-state index contributed by atoms with van der Waals surface area (Å²) in [6.07, 6.45) is 0.806. The van der Waals surface area contributed by atoms with Crippen LogP contribution in [-0.2, 0) is 0 Å². The molecule has 24 heavy (non-hydrogen) atoms. The van der Waals surface area contributed by atoms with Gasteiger partial charge in [0.1, 0.15) is 11.4 Å². The van der Waals surface area contributed by atoms with Gasteiger partial charge < -0.3 is 15.4 Å². The van der Waals surface area contributed by atoms with E-state index in [1.165, 1.54) is 0 Å². The third kappa shape index (κ3) is 4.02. The molecule has 3 nitrogen and oxygen atoms in total. The summed E-state index contributed by atoms with van der Waals surface area (Å²) in [6.45, 7) is 4.16. The molecule has 1 heterocycles. The van der Waals surface area contributed by atoms with Gasteiger partial charge in [-0.25, -0.2) is 0 Å². The number of nitrogens with one attached hydrogen (secondary N) is 2. The normalized spacial score (nSPS) is 18.2. The maximum Gasteiger partial charge on any atom is 0.171 e. The van der Waals surface area contributed by atoms with Crippen LogP contribution in [0.2, 0.25) is 5.02 Å². The molecule has 6 heteroatoms. The van der Waals surface area contributed by atoms with Crippen molar-refractivity contribution in [3.05, 3.63) is 57.5 Å². The quantitative estimate of drug-likeness (QED) is 0.605. The molecule has 1 aliphatic rings. The Balaban J connectivity index is 1.80. The Labute approximate surface area is 160 Å². The molecule has 0 spiro atoms. The molecule has 0 saturated heterocycles. The SMILES string of the molecule is CC1(C)C[C@@H](NC(=S)Nc2ccccc2Cl)c2cc(Br)ccc2O1. The number of thiocarbonyl (C=S) groups is 1. The van der Waals surface area contributed by atoms with E-state index in [-0.39, 0.29) is 11.6 Å². The summed E-state index contributed by atoms with van der Waals surface area (Å²) in [4.78, 5) is 0. The topological polar surface area (TPSA) is 33.3 Å². The second-order valence-electron chi connectivity index (χ2n) is 6.38. The van der Waals surface area contributed by atoms with Crippen LogP contribution in [0.3, 0.4) is 0 Å². The van der Waals surface area contributed by atoms with Crippen molar-refractivity contribution in [3.63, 3.8) is 0 Å². The molecule has 0 aliphatic carbocycles. The number of anilines is 1. The van der Waals surface area contributed by atoms with Crippen LogP contribution in [0.4, 0.5) is 5.69 Å². The fourth-order valence-electron chi connectivity index (χ4n) is 2.83. The van der Waals surface area contributed by atoms with Crippen molar-refractivity contribution in [1.29, 1.82) is 0 Å². The molecule has 0 amide bonds. The molecule has 3 rings (SSSR count). The van der Waals surface area contributed by atoms with Gasteiger partial charge in [-0.2, -0.15) is 0 Å². The van der Waals surface area contributed by atoms with E-state index in [1.54, 1.807) is 0 Å². The van der Waals surface area contributed by atoms with Crippen LogP contribution in [0.1, 0.15) is 31.9 Å². The van der Waals surface area contributed by atoms with Crippen molar-refractivity contribution in [2.75, 3.05) is 5.32 Å². The Bertz CT molecular complexity index is 781. The lowest BCUT2D eigenvalue weighted by atomic mass is 9.90. The van der Waals surface area contributed by atoms with Crippen molar-refractivity contribution >= 4 is 50.5 Å². The maximum atomic E-state index is 6.18. The van der Waals surface area contributed by atoms with Crippen molar-refractivity contribution in [2.24, 2.45) is 0 Å². The van der Waals surface area contributed by atoms with Crippen LogP contribution in [0, 0.1) is 0 Å². The summed E-state index contributed by atoms with van der Waals surface area (Å²) in [6, 6.07) is 13.6. The van der Waals surface area contributed by atoms with E-state index in [9.17, 15) is 0 Å². The van der Waals surface area contributed by atoms with Crippen molar-refractivity contribution in [1.82, 2.24) is 5.32 Å². The first-order valence-corrected chi connectivity index (χ1v) is 9.22. The van der Waals surface area contributed by atoms with Crippen LogP contribution in [-0.4, -0.2) is 10.7 Å². The summed E-state index contributed by atoms with van der Waals surface area (Å²) in [5.41, 5.74) is 1.61. The van der Waals surface area contributed by atoms with Gasteiger partial charge in [0.25, 0.3) is 0 Å². The highest BCUT2D eigenvalue weighted by atomic mass is 79.9. The predicted octanol–water partition coefficient (Wildman–Crippen LogP) is 5.69. The molecular weight excluding hydrogens is 408 g/mol. The predicted molar refractivity (Wildman–Crippen MR) is 107 cm³/mol. The number of benzene rings is 2. The molecule has 1 aliphatic heterocycles. The minimum Gasteiger partial charge on any atom is -0.487 e. The van der Waals surface area contributed by atoms with Crippen molar-refractivity contribution < 1.29 is 4.74 Å². The molecule has 0 saturated carbocycles. The van der Waals surface area contributed by atoms with Crippen LogP contribution < -0.4 is 15.4 Å². The highest BCUT2D eigenvalue weighted by Crippen LogP contribution is 2.40. The third-order valence-corrected chi connectivity index (χ3v) is 4.90. The highest BCUT2D eigenvalue weighted by Gasteiger charge is 2.34. The summed E-state index contributed by atoms with van der Waals surface area (Å²) in [7, 11) is 0. The van der Waals surface area contributed by atoms with Crippen molar-refractivity contribution in [2.45, 2.75) is 31.9 Å². The largest absolute Gasteiger partial charge is 0.487 e.